The van der Waals surface area contributed by atoms with Gasteiger partial charge in [-0.3, -0.25) is 0 Å². The molecule has 0 amide bonds. The van der Waals surface area contributed by atoms with Gasteiger partial charge in [0.05, 0.1) is 11.0 Å². The normalized spacial score (nSPS) is 28.0. The number of hydrogen-bond acceptors (Lipinski definition) is 3. The minimum Gasteiger partial charge on any atom is -0.325 e. The maximum atomic E-state index is 12.1. The highest BCUT2D eigenvalue weighted by Crippen LogP contribution is 2.31. The number of hydrogen-bond donors (Lipinski definition) is 1. The summed E-state index contributed by atoms with van der Waals surface area (Å²) in [6.45, 7) is 5.74. The molecule has 0 saturated heterocycles. The summed E-state index contributed by atoms with van der Waals surface area (Å²) in [5, 5.41) is -0.141. The highest BCUT2D eigenvalue weighted by molar-refractivity contribution is 7.92. The third-order valence-electron chi connectivity index (χ3n) is 3.45. The second kappa shape index (κ2) is 5.05. The minimum atomic E-state index is -3.00. The van der Waals surface area contributed by atoms with Crippen LogP contribution in [-0.4, -0.2) is 25.0 Å². The maximum Gasteiger partial charge on any atom is 0.154 e. The number of sulfone groups is 1. The van der Waals surface area contributed by atoms with E-state index in [1.54, 1.807) is 13.8 Å². The van der Waals surface area contributed by atoms with Crippen LogP contribution in [-0.2, 0) is 9.84 Å². The lowest BCUT2D eigenvalue weighted by Crippen LogP contribution is -2.43. The van der Waals surface area contributed by atoms with Crippen LogP contribution in [0, 0.1) is 5.92 Å². The monoisotopic (exact) mass is 247 g/mol. The first kappa shape index (κ1) is 14.0. The van der Waals surface area contributed by atoms with E-state index >= 15 is 0 Å². The smallest absolute Gasteiger partial charge is 0.154 e. The predicted molar refractivity (Wildman–Crippen MR) is 68.1 cm³/mol. The number of nitrogens with two attached hydrogens (primary N) is 1. The van der Waals surface area contributed by atoms with E-state index in [9.17, 15) is 8.42 Å². The van der Waals surface area contributed by atoms with Crippen molar-refractivity contribution < 1.29 is 8.42 Å². The van der Waals surface area contributed by atoms with Gasteiger partial charge in [0.15, 0.2) is 9.84 Å². The van der Waals surface area contributed by atoms with E-state index in [-0.39, 0.29) is 11.0 Å². The lowest BCUT2D eigenvalue weighted by molar-refractivity contribution is 0.347. The first-order valence-corrected chi connectivity index (χ1v) is 7.96. The van der Waals surface area contributed by atoms with Crippen molar-refractivity contribution in [1.82, 2.24) is 0 Å². The Labute approximate surface area is 99.7 Å². The van der Waals surface area contributed by atoms with Crippen LogP contribution >= 0.6 is 0 Å². The molecule has 2 N–H and O–H groups in total. The third kappa shape index (κ3) is 4.06. The van der Waals surface area contributed by atoms with Gasteiger partial charge >= 0.3 is 0 Å². The topological polar surface area (TPSA) is 60.2 Å². The zero-order chi connectivity index (χ0) is 12.4. The fraction of sp³-hybridized carbons (Fsp3) is 1.00. The second-order valence-corrected chi connectivity index (χ2v) is 8.13. The van der Waals surface area contributed by atoms with Crippen molar-refractivity contribution in [2.45, 2.75) is 63.7 Å². The van der Waals surface area contributed by atoms with Gasteiger partial charge in [-0.15, -0.1) is 0 Å². The van der Waals surface area contributed by atoms with Gasteiger partial charge in [0.2, 0.25) is 0 Å². The summed E-state index contributed by atoms with van der Waals surface area (Å²) in [4.78, 5) is 0. The van der Waals surface area contributed by atoms with Crippen LogP contribution in [0.5, 0.6) is 0 Å². The van der Waals surface area contributed by atoms with Crippen molar-refractivity contribution in [3.05, 3.63) is 0 Å². The van der Waals surface area contributed by atoms with Gasteiger partial charge in [-0.1, -0.05) is 13.3 Å². The zero-order valence-electron chi connectivity index (χ0n) is 10.7. The highest BCUT2D eigenvalue weighted by Gasteiger charge is 2.33. The van der Waals surface area contributed by atoms with E-state index in [0.717, 1.165) is 31.6 Å². The summed E-state index contributed by atoms with van der Waals surface area (Å²) < 4.78 is 24.2. The van der Waals surface area contributed by atoms with Gasteiger partial charge in [-0.05, 0) is 45.4 Å². The first-order chi connectivity index (χ1) is 7.24. The van der Waals surface area contributed by atoms with Crippen LogP contribution in [0.15, 0.2) is 0 Å². The minimum absolute atomic E-state index is 0.113. The molecule has 1 aliphatic rings. The van der Waals surface area contributed by atoms with E-state index in [0.29, 0.717) is 0 Å². The fourth-order valence-corrected chi connectivity index (χ4v) is 4.80. The van der Waals surface area contributed by atoms with Crippen molar-refractivity contribution in [3.8, 4) is 0 Å². The molecule has 0 radical (unpaired) electrons. The summed E-state index contributed by atoms with van der Waals surface area (Å²) >= 11 is 0. The van der Waals surface area contributed by atoms with Gasteiger partial charge < -0.3 is 5.73 Å². The fourth-order valence-electron chi connectivity index (χ4n) is 2.54. The second-order valence-electron chi connectivity index (χ2n) is 5.85. The molecule has 1 rings (SSSR count). The largest absolute Gasteiger partial charge is 0.325 e. The molecule has 0 unspecified atom stereocenters. The van der Waals surface area contributed by atoms with E-state index in [1.165, 1.54) is 6.42 Å². The molecular weight excluding hydrogens is 222 g/mol. The molecule has 4 heteroatoms. The van der Waals surface area contributed by atoms with E-state index < -0.39 is 15.4 Å². The molecule has 0 aromatic carbocycles. The average Bonchev–Trinajstić information content (AvgIpc) is 2.14. The molecule has 1 aliphatic carbocycles. The summed E-state index contributed by atoms with van der Waals surface area (Å²) in [7, 11) is -3.00. The van der Waals surface area contributed by atoms with Crippen LogP contribution in [0.1, 0.15) is 52.9 Å². The Hall–Kier alpha value is -0.0900. The molecule has 0 bridgehead atoms. The Morgan fingerprint density at radius 2 is 1.69 bits per heavy atom. The molecule has 0 aliphatic heterocycles. The molecule has 16 heavy (non-hydrogen) atoms. The molecule has 0 aromatic rings. The van der Waals surface area contributed by atoms with E-state index in [2.05, 4.69) is 6.92 Å². The van der Waals surface area contributed by atoms with Crippen LogP contribution < -0.4 is 5.73 Å². The predicted octanol–water partition coefficient (Wildman–Crippen LogP) is 2.11. The van der Waals surface area contributed by atoms with Crippen LogP contribution in [0.3, 0.4) is 0 Å². The van der Waals surface area contributed by atoms with Crippen molar-refractivity contribution >= 4 is 9.84 Å². The summed E-state index contributed by atoms with van der Waals surface area (Å²) in [6.07, 6.45) is 4.96. The Balaban J connectivity index is 2.59. The summed E-state index contributed by atoms with van der Waals surface area (Å²) in [5.41, 5.74) is 5.19. The Bertz CT molecular complexity index is 308. The van der Waals surface area contributed by atoms with Gasteiger partial charge in [-0.2, -0.15) is 0 Å². The molecule has 1 saturated carbocycles. The Morgan fingerprint density at radius 3 is 2.06 bits per heavy atom. The van der Waals surface area contributed by atoms with Crippen LogP contribution in [0.25, 0.3) is 0 Å². The van der Waals surface area contributed by atoms with Crippen LogP contribution in [0.2, 0.25) is 0 Å². The number of rotatable bonds is 4. The lowest BCUT2D eigenvalue weighted by atomic mass is 9.87. The first-order valence-electron chi connectivity index (χ1n) is 6.25. The average molecular weight is 247 g/mol. The van der Waals surface area contributed by atoms with Crippen molar-refractivity contribution in [2.24, 2.45) is 11.7 Å². The summed E-state index contributed by atoms with van der Waals surface area (Å²) in [5.74, 6) is 0.846. The van der Waals surface area contributed by atoms with Crippen molar-refractivity contribution in [2.75, 3.05) is 5.75 Å². The maximum absolute atomic E-state index is 12.1. The zero-order valence-corrected chi connectivity index (χ0v) is 11.5. The molecule has 0 atom stereocenters. The van der Waals surface area contributed by atoms with Gasteiger partial charge in [0.1, 0.15) is 0 Å². The molecule has 96 valence electrons. The Morgan fingerprint density at radius 1 is 1.19 bits per heavy atom. The molecule has 0 spiro atoms. The van der Waals surface area contributed by atoms with E-state index in [1.807, 2.05) is 0 Å². The van der Waals surface area contributed by atoms with Crippen molar-refractivity contribution in [1.29, 1.82) is 0 Å². The molecule has 1 fully saturated rings. The standard InChI is InChI=1S/C12H25NO2S/c1-4-10-5-7-11(8-6-10)16(14,15)9-12(2,3)13/h10-11H,4-9,13H2,1-3H3. The Kier molecular flexibility index (Phi) is 4.41. The van der Waals surface area contributed by atoms with Gasteiger partial charge in [0, 0.05) is 5.54 Å². The molecule has 3 nitrogen and oxygen atoms in total. The van der Waals surface area contributed by atoms with Gasteiger partial charge in [0.25, 0.3) is 0 Å². The molecular formula is C12H25NO2S. The highest BCUT2D eigenvalue weighted by atomic mass is 32.2. The van der Waals surface area contributed by atoms with Crippen LogP contribution in [0.4, 0.5) is 0 Å². The lowest BCUT2D eigenvalue weighted by Gasteiger charge is -2.29. The summed E-state index contributed by atoms with van der Waals surface area (Å²) in [6, 6.07) is 0. The van der Waals surface area contributed by atoms with E-state index in [4.69, 9.17) is 5.73 Å². The van der Waals surface area contributed by atoms with Crippen molar-refractivity contribution in [3.63, 3.8) is 0 Å². The SMILES string of the molecule is CCC1CCC(S(=O)(=O)CC(C)(C)N)CC1. The molecule has 0 heterocycles. The quantitative estimate of drug-likeness (QED) is 0.827. The van der Waals surface area contributed by atoms with Gasteiger partial charge in [-0.25, -0.2) is 8.42 Å². The third-order valence-corrected chi connectivity index (χ3v) is 6.09. The molecule has 0 aromatic heterocycles.